The maximum Gasteiger partial charge on any atom is 0.262 e. The van der Waals surface area contributed by atoms with Crippen LogP contribution in [0.5, 0.6) is 5.75 Å². The van der Waals surface area contributed by atoms with Crippen molar-refractivity contribution in [2.45, 2.75) is 26.7 Å². The summed E-state index contributed by atoms with van der Waals surface area (Å²) < 4.78 is 7.12. The molecule has 1 aliphatic rings. The number of amides is 2. The molecule has 2 N–H and O–H groups in total. The number of nitrogens with zero attached hydrogens (tertiary/aromatic N) is 2. The number of ether oxygens (including phenoxy) is 1. The Morgan fingerprint density at radius 3 is 2.92 bits per heavy atom. The predicted octanol–water partition coefficient (Wildman–Crippen LogP) is 1.94. The van der Waals surface area contributed by atoms with Crippen molar-refractivity contribution in [1.29, 1.82) is 0 Å². The normalized spacial score (nSPS) is 13.0. The first kappa shape index (κ1) is 16.0. The molecule has 0 fully saturated rings. The van der Waals surface area contributed by atoms with Crippen LogP contribution in [0.3, 0.4) is 0 Å². The zero-order valence-corrected chi connectivity index (χ0v) is 14.0. The molecule has 7 heteroatoms. The van der Waals surface area contributed by atoms with Crippen molar-refractivity contribution in [3.05, 3.63) is 35.2 Å². The van der Waals surface area contributed by atoms with Crippen LogP contribution >= 0.6 is 0 Å². The van der Waals surface area contributed by atoms with Crippen molar-refractivity contribution in [3.8, 4) is 5.75 Å². The standard InChI is InChI=1S/C17H20N4O3/c1-10-13(11(2)21(3)20-10)5-7-16(22)18-12-4-6-15-14(8-12)19-17(23)9-24-15/h4,6,8H,5,7,9H2,1-3H3,(H,18,22)(H,19,23). The van der Waals surface area contributed by atoms with Crippen LogP contribution in [0.1, 0.15) is 23.4 Å². The molecule has 2 aromatic rings. The van der Waals surface area contributed by atoms with Crippen LogP contribution in [0.15, 0.2) is 18.2 Å². The molecule has 1 aliphatic heterocycles. The van der Waals surface area contributed by atoms with Crippen LogP contribution in [-0.4, -0.2) is 28.2 Å². The van der Waals surface area contributed by atoms with Gasteiger partial charge in [-0.3, -0.25) is 14.3 Å². The van der Waals surface area contributed by atoms with E-state index in [1.54, 1.807) is 18.2 Å². The summed E-state index contributed by atoms with van der Waals surface area (Å²) in [7, 11) is 1.90. The second-order valence-corrected chi connectivity index (χ2v) is 5.87. The molecule has 3 rings (SSSR count). The van der Waals surface area contributed by atoms with Crippen LogP contribution in [0.2, 0.25) is 0 Å². The number of aromatic nitrogens is 2. The Morgan fingerprint density at radius 2 is 2.21 bits per heavy atom. The van der Waals surface area contributed by atoms with E-state index in [4.69, 9.17) is 4.74 Å². The Labute approximate surface area is 140 Å². The first-order valence-electron chi connectivity index (χ1n) is 7.79. The van der Waals surface area contributed by atoms with Crippen molar-refractivity contribution >= 4 is 23.2 Å². The van der Waals surface area contributed by atoms with Crippen molar-refractivity contribution in [3.63, 3.8) is 0 Å². The molecule has 0 bridgehead atoms. The van der Waals surface area contributed by atoms with E-state index in [0.29, 0.717) is 30.0 Å². The average Bonchev–Trinajstić information content (AvgIpc) is 2.77. The molecule has 2 heterocycles. The average molecular weight is 328 g/mol. The maximum absolute atomic E-state index is 12.2. The van der Waals surface area contributed by atoms with Gasteiger partial charge in [0, 0.05) is 24.8 Å². The number of aryl methyl sites for hydroxylation is 2. The van der Waals surface area contributed by atoms with Crippen LogP contribution in [0.4, 0.5) is 11.4 Å². The molecule has 24 heavy (non-hydrogen) atoms. The Morgan fingerprint density at radius 1 is 1.42 bits per heavy atom. The molecule has 1 aromatic heterocycles. The van der Waals surface area contributed by atoms with Crippen molar-refractivity contribution in [2.75, 3.05) is 17.2 Å². The van der Waals surface area contributed by atoms with Gasteiger partial charge in [0.2, 0.25) is 5.91 Å². The molecule has 0 radical (unpaired) electrons. The molecular formula is C17H20N4O3. The first-order chi connectivity index (χ1) is 11.4. The summed E-state index contributed by atoms with van der Waals surface area (Å²) in [5, 5.41) is 9.93. The van der Waals surface area contributed by atoms with Gasteiger partial charge in [-0.05, 0) is 44.0 Å². The van der Waals surface area contributed by atoms with Gasteiger partial charge in [-0.1, -0.05) is 0 Å². The molecule has 0 spiro atoms. The van der Waals surface area contributed by atoms with Gasteiger partial charge in [0.25, 0.3) is 5.91 Å². The Balaban J connectivity index is 1.63. The predicted molar refractivity (Wildman–Crippen MR) is 90.2 cm³/mol. The van der Waals surface area contributed by atoms with Crippen LogP contribution in [-0.2, 0) is 23.1 Å². The van der Waals surface area contributed by atoms with Gasteiger partial charge in [0.15, 0.2) is 6.61 Å². The third kappa shape index (κ3) is 3.24. The molecule has 0 saturated heterocycles. The summed E-state index contributed by atoms with van der Waals surface area (Å²) in [6.45, 7) is 3.97. The van der Waals surface area contributed by atoms with Gasteiger partial charge in [-0.25, -0.2) is 0 Å². The number of carbonyl (C=O) groups is 2. The zero-order valence-electron chi connectivity index (χ0n) is 14.0. The molecule has 1 aromatic carbocycles. The number of hydrogen-bond acceptors (Lipinski definition) is 4. The van der Waals surface area contributed by atoms with Gasteiger partial charge in [-0.2, -0.15) is 5.10 Å². The zero-order chi connectivity index (χ0) is 17.3. The van der Waals surface area contributed by atoms with E-state index in [0.717, 1.165) is 17.0 Å². The number of rotatable bonds is 4. The third-order valence-corrected chi connectivity index (χ3v) is 4.16. The minimum absolute atomic E-state index is 0.0164. The van der Waals surface area contributed by atoms with E-state index in [-0.39, 0.29) is 18.4 Å². The molecular weight excluding hydrogens is 308 g/mol. The number of carbonyl (C=O) groups excluding carboxylic acids is 2. The Bertz CT molecular complexity index is 810. The molecule has 126 valence electrons. The maximum atomic E-state index is 12.2. The highest BCUT2D eigenvalue weighted by Gasteiger charge is 2.17. The highest BCUT2D eigenvalue weighted by Crippen LogP contribution is 2.30. The number of anilines is 2. The summed E-state index contributed by atoms with van der Waals surface area (Å²) in [6.07, 6.45) is 1.01. The van der Waals surface area contributed by atoms with E-state index in [2.05, 4.69) is 15.7 Å². The summed E-state index contributed by atoms with van der Waals surface area (Å²) in [5.74, 6) is 0.323. The SMILES string of the molecule is Cc1nn(C)c(C)c1CCC(=O)Nc1ccc2c(c1)NC(=O)CO2. The molecule has 0 atom stereocenters. The second kappa shape index (κ2) is 6.35. The lowest BCUT2D eigenvalue weighted by atomic mass is 10.1. The largest absolute Gasteiger partial charge is 0.482 e. The van der Waals surface area contributed by atoms with Crippen LogP contribution in [0, 0.1) is 13.8 Å². The monoisotopic (exact) mass is 328 g/mol. The van der Waals surface area contributed by atoms with E-state index in [1.807, 2.05) is 25.6 Å². The molecule has 0 unspecified atom stereocenters. The minimum Gasteiger partial charge on any atom is -0.482 e. The van der Waals surface area contributed by atoms with E-state index >= 15 is 0 Å². The lowest BCUT2D eigenvalue weighted by Crippen LogP contribution is -2.25. The fourth-order valence-electron chi connectivity index (χ4n) is 2.80. The Hall–Kier alpha value is -2.83. The lowest BCUT2D eigenvalue weighted by molar-refractivity contribution is -0.118. The number of benzene rings is 1. The summed E-state index contributed by atoms with van der Waals surface area (Å²) >= 11 is 0. The van der Waals surface area contributed by atoms with Gasteiger partial charge in [-0.15, -0.1) is 0 Å². The van der Waals surface area contributed by atoms with Crippen molar-refractivity contribution in [1.82, 2.24) is 9.78 Å². The van der Waals surface area contributed by atoms with E-state index in [1.165, 1.54) is 0 Å². The van der Waals surface area contributed by atoms with Gasteiger partial charge in [0.05, 0.1) is 11.4 Å². The van der Waals surface area contributed by atoms with Crippen LogP contribution < -0.4 is 15.4 Å². The van der Waals surface area contributed by atoms with Crippen molar-refractivity contribution < 1.29 is 14.3 Å². The molecule has 7 nitrogen and oxygen atoms in total. The number of nitrogens with one attached hydrogen (secondary N) is 2. The lowest BCUT2D eigenvalue weighted by Gasteiger charge is -2.18. The minimum atomic E-state index is -0.200. The first-order valence-corrected chi connectivity index (χ1v) is 7.79. The molecule has 0 saturated carbocycles. The number of hydrogen-bond donors (Lipinski definition) is 2. The fraction of sp³-hybridized carbons (Fsp3) is 0.353. The van der Waals surface area contributed by atoms with E-state index in [9.17, 15) is 9.59 Å². The highest BCUT2D eigenvalue weighted by atomic mass is 16.5. The highest BCUT2D eigenvalue weighted by molar-refractivity contribution is 5.97. The van der Waals surface area contributed by atoms with Gasteiger partial charge < -0.3 is 15.4 Å². The Kier molecular flexibility index (Phi) is 4.24. The quantitative estimate of drug-likeness (QED) is 0.898. The second-order valence-electron chi connectivity index (χ2n) is 5.87. The van der Waals surface area contributed by atoms with Gasteiger partial charge in [0.1, 0.15) is 5.75 Å². The topological polar surface area (TPSA) is 85.3 Å². The van der Waals surface area contributed by atoms with E-state index < -0.39 is 0 Å². The van der Waals surface area contributed by atoms with Gasteiger partial charge >= 0.3 is 0 Å². The smallest absolute Gasteiger partial charge is 0.262 e. The molecule has 0 aliphatic carbocycles. The summed E-state index contributed by atoms with van der Waals surface area (Å²) in [6, 6.07) is 5.19. The van der Waals surface area contributed by atoms with Crippen molar-refractivity contribution in [2.24, 2.45) is 7.05 Å². The third-order valence-electron chi connectivity index (χ3n) is 4.16. The summed E-state index contributed by atoms with van der Waals surface area (Å²) in [4.78, 5) is 23.5. The number of fused-ring (bicyclic) bond motifs is 1. The summed E-state index contributed by atoms with van der Waals surface area (Å²) in [5.41, 5.74) is 4.34. The fourth-order valence-corrected chi connectivity index (χ4v) is 2.80. The van der Waals surface area contributed by atoms with Crippen LogP contribution in [0.25, 0.3) is 0 Å². The molecule has 2 amide bonds.